The van der Waals surface area contributed by atoms with Gasteiger partial charge in [-0.05, 0) is 28.9 Å². The molecule has 4 heteroatoms. The maximum Gasteiger partial charge on any atom is 0.252 e. The fourth-order valence-corrected chi connectivity index (χ4v) is 2.10. The normalized spacial score (nSPS) is 11.8. The van der Waals surface area contributed by atoms with Crippen molar-refractivity contribution in [2.75, 3.05) is 0 Å². The van der Waals surface area contributed by atoms with Crippen LogP contribution >= 0.6 is 27.3 Å². The lowest BCUT2D eigenvalue weighted by Gasteiger charge is -2.09. The number of amides is 1. The van der Waals surface area contributed by atoms with E-state index in [1.54, 1.807) is 6.07 Å². The molecule has 0 saturated heterocycles. The molecule has 1 atom stereocenters. The summed E-state index contributed by atoms with van der Waals surface area (Å²) in [5.74, 6) is 2.43. The average Bonchev–Trinajstić information content (AvgIpc) is 2.52. The molecule has 1 N–H and O–H groups in total. The quantitative estimate of drug-likeness (QED) is 0.842. The zero-order chi connectivity index (χ0) is 10.6. The van der Waals surface area contributed by atoms with Crippen LogP contribution in [0.25, 0.3) is 0 Å². The van der Waals surface area contributed by atoms with Gasteiger partial charge in [0.1, 0.15) is 0 Å². The van der Waals surface area contributed by atoms with Crippen molar-refractivity contribution in [1.29, 1.82) is 0 Å². The van der Waals surface area contributed by atoms with Crippen molar-refractivity contribution < 1.29 is 4.79 Å². The van der Waals surface area contributed by atoms with E-state index in [-0.39, 0.29) is 11.9 Å². The highest BCUT2D eigenvalue weighted by Crippen LogP contribution is 2.20. The summed E-state index contributed by atoms with van der Waals surface area (Å²) >= 11 is 4.79. The Morgan fingerprint density at radius 3 is 3.07 bits per heavy atom. The lowest BCUT2D eigenvalue weighted by atomic mass is 10.2. The van der Waals surface area contributed by atoms with E-state index in [0.717, 1.165) is 3.79 Å². The molecule has 1 rings (SSSR count). The SMILES string of the molecule is C#CCC(C)NC(=O)c1csc(Br)c1. The minimum absolute atomic E-state index is 0.0196. The van der Waals surface area contributed by atoms with Crippen LogP contribution in [0.1, 0.15) is 23.7 Å². The summed E-state index contributed by atoms with van der Waals surface area (Å²) in [5, 5.41) is 4.62. The Balaban J connectivity index is 2.55. The van der Waals surface area contributed by atoms with E-state index < -0.39 is 0 Å². The minimum atomic E-state index is -0.0744. The highest BCUT2D eigenvalue weighted by Gasteiger charge is 2.10. The zero-order valence-corrected chi connectivity index (χ0v) is 10.1. The molecule has 0 saturated carbocycles. The van der Waals surface area contributed by atoms with Gasteiger partial charge in [0.2, 0.25) is 0 Å². The van der Waals surface area contributed by atoms with Gasteiger partial charge in [-0.2, -0.15) is 0 Å². The Morgan fingerprint density at radius 2 is 2.57 bits per heavy atom. The molecule has 1 amide bonds. The van der Waals surface area contributed by atoms with Crippen LogP contribution in [0.4, 0.5) is 0 Å². The van der Waals surface area contributed by atoms with Crippen molar-refractivity contribution in [3.63, 3.8) is 0 Å². The molecule has 0 radical (unpaired) electrons. The van der Waals surface area contributed by atoms with Gasteiger partial charge in [-0.15, -0.1) is 23.7 Å². The lowest BCUT2D eigenvalue weighted by molar-refractivity contribution is 0.0941. The lowest BCUT2D eigenvalue weighted by Crippen LogP contribution is -2.31. The summed E-state index contributed by atoms with van der Waals surface area (Å²) in [6.07, 6.45) is 5.69. The highest BCUT2D eigenvalue weighted by molar-refractivity contribution is 9.11. The Hall–Kier alpha value is -0.790. The van der Waals surface area contributed by atoms with Crippen LogP contribution in [0.2, 0.25) is 0 Å². The second-order valence-electron chi connectivity index (χ2n) is 2.92. The third-order valence-corrected chi connectivity index (χ3v) is 3.14. The van der Waals surface area contributed by atoms with Gasteiger partial charge in [0.05, 0.1) is 9.35 Å². The van der Waals surface area contributed by atoms with Crippen molar-refractivity contribution in [1.82, 2.24) is 5.32 Å². The van der Waals surface area contributed by atoms with Gasteiger partial charge in [-0.1, -0.05) is 0 Å². The van der Waals surface area contributed by atoms with Crippen LogP contribution < -0.4 is 5.32 Å². The molecular weight excluding hydrogens is 262 g/mol. The van der Waals surface area contributed by atoms with Gasteiger partial charge in [-0.25, -0.2) is 0 Å². The number of carbonyl (C=O) groups is 1. The second kappa shape index (κ2) is 5.18. The first-order valence-electron chi connectivity index (χ1n) is 4.12. The zero-order valence-electron chi connectivity index (χ0n) is 7.71. The number of halogens is 1. The number of rotatable bonds is 3. The second-order valence-corrected chi connectivity index (χ2v) is 5.21. The first-order chi connectivity index (χ1) is 6.63. The summed E-state index contributed by atoms with van der Waals surface area (Å²) in [6, 6.07) is 1.81. The van der Waals surface area contributed by atoms with Gasteiger partial charge < -0.3 is 5.32 Å². The Labute approximate surface area is 95.8 Å². The smallest absolute Gasteiger partial charge is 0.252 e. The molecule has 0 aromatic carbocycles. The van der Waals surface area contributed by atoms with Crippen LogP contribution in [-0.2, 0) is 0 Å². The van der Waals surface area contributed by atoms with Crippen molar-refractivity contribution in [2.24, 2.45) is 0 Å². The summed E-state index contributed by atoms with van der Waals surface area (Å²) in [7, 11) is 0. The van der Waals surface area contributed by atoms with Crippen LogP contribution in [0.5, 0.6) is 0 Å². The summed E-state index contributed by atoms with van der Waals surface area (Å²) < 4.78 is 0.951. The largest absolute Gasteiger partial charge is 0.349 e. The molecule has 0 spiro atoms. The molecule has 0 fully saturated rings. The topological polar surface area (TPSA) is 29.1 Å². The number of hydrogen-bond acceptors (Lipinski definition) is 2. The van der Waals surface area contributed by atoms with Crippen molar-refractivity contribution in [3.8, 4) is 12.3 Å². The molecule has 0 aliphatic rings. The average molecular weight is 272 g/mol. The van der Waals surface area contributed by atoms with Crippen molar-refractivity contribution >= 4 is 33.2 Å². The molecular formula is C10H10BrNOS. The molecule has 1 heterocycles. The molecule has 1 unspecified atom stereocenters. The molecule has 2 nitrogen and oxygen atoms in total. The van der Waals surface area contributed by atoms with Crippen molar-refractivity contribution in [2.45, 2.75) is 19.4 Å². The molecule has 0 aliphatic carbocycles. The van der Waals surface area contributed by atoms with Crippen LogP contribution in [-0.4, -0.2) is 11.9 Å². The van der Waals surface area contributed by atoms with E-state index >= 15 is 0 Å². The third kappa shape index (κ3) is 3.17. The monoisotopic (exact) mass is 271 g/mol. The highest BCUT2D eigenvalue weighted by atomic mass is 79.9. The number of thiophene rings is 1. The fraction of sp³-hybridized carbons (Fsp3) is 0.300. The van der Waals surface area contributed by atoms with Gasteiger partial charge in [-0.3, -0.25) is 4.79 Å². The molecule has 0 aliphatic heterocycles. The first-order valence-corrected chi connectivity index (χ1v) is 5.79. The van der Waals surface area contributed by atoms with Crippen LogP contribution in [0, 0.1) is 12.3 Å². The predicted octanol–water partition coefficient (Wildman–Crippen LogP) is 2.65. The van der Waals surface area contributed by atoms with Crippen LogP contribution in [0.3, 0.4) is 0 Å². The standard InChI is InChI=1S/C10H10BrNOS/c1-3-4-7(2)12-10(13)8-5-9(11)14-6-8/h1,5-7H,4H2,2H3,(H,12,13). The molecule has 74 valence electrons. The molecule has 1 aromatic heterocycles. The maximum atomic E-state index is 11.5. The van der Waals surface area contributed by atoms with E-state index in [0.29, 0.717) is 12.0 Å². The number of nitrogens with one attached hydrogen (secondary N) is 1. The number of terminal acetylenes is 1. The van der Waals surface area contributed by atoms with E-state index in [1.807, 2.05) is 12.3 Å². The fourth-order valence-electron chi connectivity index (χ4n) is 0.964. The summed E-state index contributed by atoms with van der Waals surface area (Å²) in [6.45, 7) is 1.89. The van der Waals surface area contributed by atoms with Gasteiger partial charge in [0, 0.05) is 17.8 Å². The third-order valence-electron chi connectivity index (χ3n) is 1.63. The van der Waals surface area contributed by atoms with E-state index in [4.69, 9.17) is 6.42 Å². The van der Waals surface area contributed by atoms with Gasteiger partial charge >= 0.3 is 0 Å². The maximum absolute atomic E-state index is 11.5. The summed E-state index contributed by atoms with van der Waals surface area (Å²) in [4.78, 5) is 11.5. The van der Waals surface area contributed by atoms with Gasteiger partial charge in [0.25, 0.3) is 5.91 Å². The molecule has 0 bridgehead atoms. The van der Waals surface area contributed by atoms with Crippen molar-refractivity contribution in [3.05, 3.63) is 20.8 Å². The van der Waals surface area contributed by atoms with E-state index in [2.05, 4.69) is 27.2 Å². The summed E-state index contributed by atoms with van der Waals surface area (Å²) in [5.41, 5.74) is 0.672. The number of carbonyl (C=O) groups excluding carboxylic acids is 1. The predicted molar refractivity (Wildman–Crippen MR) is 62.4 cm³/mol. The number of hydrogen-bond donors (Lipinski definition) is 1. The Morgan fingerprint density at radius 1 is 1.86 bits per heavy atom. The molecule has 14 heavy (non-hydrogen) atoms. The van der Waals surface area contributed by atoms with E-state index in [1.165, 1.54) is 11.3 Å². The minimum Gasteiger partial charge on any atom is -0.349 e. The van der Waals surface area contributed by atoms with E-state index in [9.17, 15) is 4.79 Å². The van der Waals surface area contributed by atoms with Crippen LogP contribution in [0.15, 0.2) is 15.2 Å². The molecule has 1 aromatic rings. The first kappa shape index (κ1) is 11.3. The Bertz CT molecular complexity index is 366. The Kier molecular flexibility index (Phi) is 4.18. The van der Waals surface area contributed by atoms with Gasteiger partial charge in [0.15, 0.2) is 0 Å².